The summed E-state index contributed by atoms with van der Waals surface area (Å²) < 4.78 is 0.733. The number of nitrogens with one attached hydrogen (secondary N) is 2. The van der Waals surface area contributed by atoms with Crippen molar-refractivity contribution in [2.45, 2.75) is 72.1 Å². The minimum atomic E-state index is -0.884. The van der Waals surface area contributed by atoms with Crippen molar-refractivity contribution in [3.8, 4) is 0 Å². The number of fused-ring (bicyclic) bond motifs is 1. The van der Waals surface area contributed by atoms with E-state index in [2.05, 4.69) is 32.3 Å². The van der Waals surface area contributed by atoms with Gasteiger partial charge in [0, 0.05) is 30.3 Å². The van der Waals surface area contributed by atoms with Gasteiger partial charge >= 0.3 is 0 Å². The summed E-state index contributed by atoms with van der Waals surface area (Å²) in [6.45, 7) is 9.17. The predicted molar refractivity (Wildman–Crippen MR) is 146 cm³/mol. The molecule has 0 saturated carbocycles. The molecule has 198 valence electrons. The smallest absolute Gasteiger partial charge is 0.245 e. The fraction of sp³-hybridized carbons (Fsp3) is 0.519. The minimum Gasteiger partial charge on any atom is -0.393 e. The lowest BCUT2D eigenvalue weighted by molar-refractivity contribution is -0.140. The number of aromatic amines is 1. The summed E-state index contributed by atoms with van der Waals surface area (Å²) in [5.41, 5.74) is 8.51. The summed E-state index contributed by atoms with van der Waals surface area (Å²) >= 11 is 3.51. The Morgan fingerprint density at radius 1 is 1.19 bits per heavy atom. The molecule has 3 amide bonds. The summed E-state index contributed by atoms with van der Waals surface area (Å²) in [7, 11) is 1.53. The van der Waals surface area contributed by atoms with E-state index in [-0.39, 0.29) is 30.3 Å². The Hall–Kier alpha value is -2.65. The number of carbonyl (C=O) groups excluding carboxylic acids is 3. The third-order valence-electron chi connectivity index (χ3n) is 6.39. The molecule has 2 rings (SSSR count). The number of nitrogens with two attached hydrogens (primary N) is 1. The molecule has 0 spiro atoms. The first-order valence-electron chi connectivity index (χ1n) is 12.3. The van der Waals surface area contributed by atoms with Gasteiger partial charge in [-0.05, 0) is 67.1 Å². The van der Waals surface area contributed by atoms with Crippen molar-refractivity contribution in [1.29, 1.82) is 0 Å². The number of benzene rings is 1. The van der Waals surface area contributed by atoms with Crippen LogP contribution in [0.3, 0.4) is 0 Å². The molecule has 0 radical (unpaired) electrons. The van der Waals surface area contributed by atoms with Gasteiger partial charge in [-0.3, -0.25) is 14.4 Å². The Bertz CT molecular complexity index is 1110. The van der Waals surface area contributed by atoms with Crippen LogP contribution in [0, 0.1) is 11.8 Å². The highest BCUT2D eigenvalue weighted by Gasteiger charge is 2.31. The molecule has 36 heavy (non-hydrogen) atoms. The van der Waals surface area contributed by atoms with E-state index in [1.54, 1.807) is 13.8 Å². The Kier molecular flexibility index (Phi) is 10.7. The lowest BCUT2D eigenvalue weighted by Gasteiger charge is -2.29. The molecule has 9 heteroatoms. The number of carbonyl (C=O) groups is 3. The fourth-order valence-corrected chi connectivity index (χ4v) is 5.19. The zero-order valence-electron chi connectivity index (χ0n) is 22.0. The van der Waals surface area contributed by atoms with Crippen LogP contribution in [0.2, 0.25) is 0 Å². The maximum Gasteiger partial charge on any atom is 0.245 e. The summed E-state index contributed by atoms with van der Waals surface area (Å²) in [5.74, 6) is -1.39. The van der Waals surface area contributed by atoms with Crippen LogP contribution in [0.1, 0.15) is 53.0 Å². The van der Waals surface area contributed by atoms with Gasteiger partial charge in [0.2, 0.25) is 17.7 Å². The van der Waals surface area contributed by atoms with Gasteiger partial charge in [-0.15, -0.1) is 0 Å². The Morgan fingerprint density at radius 3 is 2.44 bits per heavy atom. The molecule has 5 unspecified atom stereocenters. The van der Waals surface area contributed by atoms with Crippen molar-refractivity contribution < 1.29 is 19.5 Å². The number of nitrogens with zero attached hydrogens (tertiary/aromatic N) is 1. The first kappa shape index (κ1) is 29.6. The first-order chi connectivity index (χ1) is 16.8. The summed E-state index contributed by atoms with van der Waals surface area (Å²) in [6, 6.07) is 5.99. The van der Waals surface area contributed by atoms with E-state index in [0.29, 0.717) is 12.8 Å². The number of hydrogen-bond donors (Lipinski definition) is 4. The largest absolute Gasteiger partial charge is 0.393 e. The summed E-state index contributed by atoms with van der Waals surface area (Å²) in [4.78, 5) is 42.8. The number of likely N-dealkylation sites (N-methyl/N-ethyl adjacent to an activating group) is 1. The van der Waals surface area contributed by atoms with Crippen molar-refractivity contribution in [3.63, 3.8) is 0 Å². The molecule has 8 nitrogen and oxygen atoms in total. The molecule has 0 fully saturated rings. The molecule has 1 heterocycles. The number of rotatable bonds is 12. The normalized spacial score (nSPS) is 16.2. The topological polar surface area (TPSA) is 129 Å². The quantitative estimate of drug-likeness (QED) is 0.294. The first-order valence-corrected chi connectivity index (χ1v) is 13.1. The number of halogens is 1. The minimum absolute atomic E-state index is 0.206. The van der Waals surface area contributed by atoms with Crippen LogP contribution in [-0.4, -0.2) is 57.9 Å². The maximum atomic E-state index is 13.1. The van der Waals surface area contributed by atoms with Gasteiger partial charge in [0.25, 0.3) is 0 Å². The highest BCUT2D eigenvalue weighted by atomic mass is 79.9. The van der Waals surface area contributed by atoms with E-state index in [0.717, 1.165) is 26.6 Å². The van der Waals surface area contributed by atoms with Crippen LogP contribution in [-0.2, 0) is 20.8 Å². The predicted octanol–water partition coefficient (Wildman–Crippen LogP) is 3.67. The third-order valence-corrected chi connectivity index (χ3v) is 7.07. The molecule has 1 aromatic carbocycles. The van der Waals surface area contributed by atoms with E-state index < -0.39 is 23.9 Å². The highest BCUT2D eigenvalue weighted by Crippen LogP contribution is 2.28. The van der Waals surface area contributed by atoms with E-state index in [9.17, 15) is 19.5 Å². The SMILES string of the molecule is CC(=CC(C)CC(C)O)CC(C)C(=O)NC(C)C(=O)N(C)C(Cc1c(Br)[nH]c2ccccc12)C(N)=O. The fourth-order valence-electron chi connectivity index (χ4n) is 4.60. The van der Waals surface area contributed by atoms with E-state index in [4.69, 9.17) is 5.73 Å². The standard InChI is InChI=1S/C27H39BrN4O4/c1-15(11-16(2)13-18(4)33)12-17(3)26(35)30-19(5)27(36)32(6)23(25(29)34)14-21-20-9-7-8-10-22(20)31-24(21)28/h7-11,16-19,23,31,33H,12-14H2,1-6H3,(H2,29,34)(H,30,35). The molecule has 0 saturated heterocycles. The lowest BCUT2D eigenvalue weighted by Crippen LogP contribution is -2.53. The van der Waals surface area contributed by atoms with Crippen molar-refractivity contribution in [2.24, 2.45) is 17.6 Å². The monoisotopic (exact) mass is 562 g/mol. The lowest BCUT2D eigenvalue weighted by atomic mass is 9.95. The number of allylic oxidation sites excluding steroid dienone is 2. The second kappa shape index (κ2) is 13.1. The van der Waals surface area contributed by atoms with Crippen LogP contribution in [0.15, 0.2) is 40.5 Å². The second-order valence-corrected chi connectivity index (χ2v) is 10.7. The van der Waals surface area contributed by atoms with Crippen molar-refractivity contribution >= 4 is 44.6 Å². The van der Waals surface area contributed by atoms with Gasteiger partial charge in [0.05, 0.1) is 10.7 Å². The molecule has 0 bridgehead atoms. The van der Waals surface area contributed by atoms with Gasteiger partial charge < -0.3 is 26.0 Å². The number of para-hydroxylation sites is 1. The van der Waals surface area contributed by atoms with E-state index in [1.165, 1.54) is 11.9 Å². The van der Waals surface area contributed by atoms with Crippen LogP contribution < -0.4 is 11.1 Å². The van der Waals surface area contributed by atoms with Gasteiger partial charge in [0.1, 0.15) is 12.1 Å². The zero-order chi connectivity index (χ0) is 27.2. The van der Waals surface area contributed by atoms with Crippen molar-refractivity contribution in [3.05, 3.63) is 46.1 Å². The van der Waals surface area contributed by atoms with Gasteiger partial charge in [-0.25, -0.2) is 0 Å². The molecule has 2 aromatic rings. The van der Waals surface area contributed by atoms with E-state index in [1.807, 2.05) is 45.0 Å². The summed E-state index contributed by atoms with van der Waals surface area (Å²) in [6.07, 6.45) is 3.12. The number of amides is 3. The molecule has 0 aliphatic carbocycles. The maximum absolute atomic E-state index is 13.1. The van der Waals surface area contributed by atoms with Crippen LogP contribution >= 0.6 is 15.9 Å². The van der Waals surface area contributed by atoms with Crippen molar-refractivity contribution in [1.82, 2.24) is 15.2 Å². The highest BCUT2D eigenvalue weighted by molar-refractivity contribution is 9.10. The van der Waals surface area contributed by atoms with Crippen molar-refractivity contribution in [2.75, 3.05) is 7.05 Å². The molecule has 0 aliphatic heterocycles. The number of aromatic nitrogens is 1. The van der Waals surface area contributed by atoms with Crippen LogP contribution in [0.4, 0.5) is 0 Å². The van der Waals surface area contributed by atoms with Gasteiger partial charge in [-0.2, -0.15) is 0 Å². The number of aliphatic hydroxyl groups is 1. The second-order valence-electron chi connectivity index (χ2n) is 9.95. The molecule has 5 atom stereocenters. The number of primary amides is 1. The Morgan fingerprint density at radius 2 is 1.83 bits per heavy atom. The summed E-state index contributed by atoms with van der Waals surface area (Å²) in [5, 5.41) is 13.3. The Balaban J connectivity index is 2.05. The number of hydrogen-bond acceptors (Lipinski definition) is 4. The molecular weight excluding hydrogens is 524 g/mol. The Labute approximate surface area is 221 Å². The number of aliphatic hydroxyl groups excluding tert-OH is 1. The molecule has 5 N–H and O–H groups in total. The van der Waals surface area contributed by atoms with Gasteiger partial charge in [-0.1, -0.05) is 43.7 Å². The van der Waals surface area contributed by atoms with Gasteiger partial charge in [0.15, 0.2) is 0 Å². The van der Waals surface area contributed by atoms with Crippen LogP contribution in [0.25, 0.3) is 10.9 Å². The molecular formula is C27H39BrN4O4. The average Bonchev–Trinajstić information content (AvgIpc) is 3.09. The van der Waals surface area contributed by atoms with E-state index >= 15 is 0 Å². The average molecular weight is 564 g/mol. The zero-order valence-corrected chi connectivity index (χ0v) is 23.6. The third kappa shape index (κ3) is 7.93. The molecule has 1 aromatic heterocycles. The van der Waals surface area contributed by atoms with Crippen LogP contribution in [0.5, 0.6) is 0 Å². The number of H-pyrrole nitrogens is 1. The molecule has 0 aliphatic rings.